The molecule has 1 heterocycles. The highest BCUT2D eigenvalue weighted by molar-refractivity contribution is 5.94. The van der Waals surface area contributed by atoms with Gasteiger partial charge in [-0.2, -0.15) is 0 Å². The summed E-state index contributed by atoms with van der Waals surface area (Å²) in [4.78, 5) is 26.3. The molecule has 0 atom stereocenters. The van der Waals surface area contributed by atoms with E-state index in [1.54, 1.807) is 0 Å². The lowest BCUT2D eigenvalue weighted by Crippen LogP contribution is -2.44. The normalized spacial score (nSPS) is 16.1. The quantitative estimate of drug-likeness (QED) is 0.928. The fourth-order valence-electron chi connectivity index (χ4n) is 2.71. The van der Waals surface area contributed by atoms with Crippen LogP contribution < -0.4 is 5.32 Å². The molecule has 1 aromatic carbocycles. The van der Waals surface area contributed by atoms with E-state index in [4.69, 9.17) is 0 Å². The molecule has 114 valence electrons. The molecule has 0 radical (unpaired) electrons. The van der Waals surface area contributed by atoms with E-state index < -0.39 is 0 Å². The predicted molar refractivity (Wildman–Crippen MR) is 83.1 cm³/mol. The molecule has 4 heteroatoms. The lowest BCUT2D eigenvalue weighted by molar-refractivity contribution is -0.126. The van der Waals surface area contributed by atoms with Crippen molar-refractivity contribution in [2.45, 2.75) is 39.7 Å². The van der Waals surface area contributed by atoms with E-state index >= 15 is 0 Å². The van der Waals surface area contributed by atoms with Crippen LogP contribution in [0.2, 0.25) is 0 Å². The minimum absolute atomic E-state index is 0.0361. The Morgan fingerprint density at radius 1 is 1.24 bits per heavy atom. The monoisotopic (exact) mass is 288 g/mol. The number of rotatable bonds is 3. The van der Waals surface area contributed by atoms with Crippen LogP contribution in [0.15, 0.2) is 24.3 Å². The van der Waals surface area contributed by atoms with Gasteiger partial charge in [-0.15, -0.1) is 0 Å². The third-order valence-corrected chi connectivity index (χ3v) is 3.85. The van der Waals surface area contributed by atoms with Crippen LogP contribution in [-0.4, -0.2) is 35.8 Å². The van der Waals surface area contributed by atoms with Gasteiger partial charge in [-0.25, -0.2) is 0 Å². The van der Waals surface area contributed by atoms with Crippen molar-refractivity contribution < 1.29 is 9.59 Å². The summed E-state index contributed by atoms with van der Waals surface area (Å²) in [6.07, 6.45) is 1.49. The molecule has 0 aromatic heterocycles. The molecule has 21 heavy (non-hydrogen) atoms. The highest BCUT2D eigenvalue weighted by Crippen LogP contribution is 2.19. The predicted octanol–water partition coefficient (Wildman–Crippen LogP) is 2.37. The zero-order chi connectivity index (χ0) is 15.4. The van der Waals surface area contributed by atoms with Crippen LogP contribution in [0.3, 0.4) is 0 Å². The van der Waals surface area contributed by atoms with Crippen molar-refractivity contribution >= 4 is 11.8 Å². The average molecular weight is 288 g/mol. The Morgan fingerprint density at radius 2 is 1.90 bits per heavy atom. The average Bonchev–Trinajstić information content (AvgIpc) is 2.46. The number of piperidine rings is 1. The minimum atomic E-state index is 0.0361. The van der Waals surface area contributed by atoms with E-state index in [0.29, 0.717) is 13.1 Å². The van der Waals surface area contributed by atoms with Crippen LogP contribution >= 0.6 is 0 Å². The molecule has 1 fully saturated rings. The fourth-order valence-corrected chi connectivity index (χ4v) is 2.71. The lowest BCUT2D eigenvalue weighted by Gasteiger charge is -2.31. The Labute approximate surface area is 126 Å². The molecule has 1 N–H and O–H groups in total. The number of amides is 2. The molecule has 4 nitrogen and oxygen atoms in total. The van der Waals surface area contributed by atoms with Gasteiger partial charge in [0.05, 0.1) is 0 Å². The summed E-state index contributed by atoms with van der Waals surface area (Å²) in [5.41, 5.74) is 1.83. The van der Waals surface area contributed by atoms with E-state index in [9.17, 15) is 9.59 Å². The summed E-state index contributed by atoms with van der Waals surface area (Å²) in [5, 5.41) is 2.95. The van der Waals surface area contributed by atoms with Crippen LogP contribution in [0, 0.1) is 12.8 Å². The van der Waals surface area contributed by atoms with Gasteiger partial charge in [0.15, 0.2) is 0 Å². The summed E-state index contributed by atoms with van der Waals surface area (Å²) < 4.78 is 0. The maximum Gasteiger partial charge on any atom is 0.253 e. The maximum atomic E-state index is 12.4. The first-order valence-corrected chi connectivity index (χ1v) is 7.63. The van der Waals surface area contributed by atoms with Crippen LogP contribution in [-0.2, 0) is 4.79 Å². The molecule has 0 aliphatic carbocycles. The van der Waals surface area contributed by atoms with Crippen LogP contribution in [0.5, 0.6) is 0 Å². The van der Waals surface area contributed by atoms with Crippen molar-refractivity contribution in [3.05, 3.63) is 35.4 Å². The number of carbonyl (C=O) groups excluding carboxylic acids is 2. The van der Waals surface area contributed by atoms with Gasteiger partial charge in [-0.05, 0) is 45.7 Å². The summed E-state index contributed by atoms with van der Waals surface area (Å²) >= 11 is 0. The third-order valence-electron chi connectivity index (χ3n) is 3.85. The molecule has 0 unspecified atom stereocenters. The molecule has 2 amide bonds. The molecule has 0 spiro atoms. The van der Waals surface area contributed by atoms with Crippen molar-refractivity contribution in [1.82, 2.24) is 10.2 Å². The van der Waals surface area contributed by atoms with Crippen molar-refractivity contribution in [3.63, 3.8) is 0 Å². The van der Waals surface area contributed by atoms with Gasteiger partial charge in [0.2, 0.25) is 5.91 Å². The molecule has 1 saturated heterocycles. The Kier molecular flexibility index (Phi) is 4.99. The number of hydrogen-bond acceptors (Lipinski definition) is 2. The first-order valence-electron chi connectivity index (χ1n) is 7.63. The van der Waals surface area contributed by atoms with E-state index in [1.165, 1.54) is 0 Å². The molecular weight excluding hydrogens is 264 g/mol. The van der Waals surface area contributed by atoms with Gasteiger partial charge in [0.1, 0.15) is 0 Å². The molecule has 1 aromatic rings. The van der Waals surface area contributed by atoms with Gasteiger partial charge in [0.25, 0.3) is 5.91 Å². The van der Waals surface area contributed by atoms with E-state index in [1.807, 2.05) is 49.9 Å². The van der Waals surface area contributed by atoms with Gasteiger partial charge in [-0.3, -0.25) is 9.59 Å². The van der Waals surface area contributed by atoms with Gasteiger partial charge < -0.3 is 10.2 Å². The molecule has 2 rings (SSSR count). The Bertz CT molecular complexity index is 517. The van der Waals surface area contributed by atoms with Crippen molar-refractivity contribution in [3.8, 4) is 0 Å². The smallest absolute Gasteiger partial charge is 0.253 e. The Hall–Kier alpha value is -1.84. The summed E-state index contributed by atoms with van der Waals surface area (Å²) in [7, 11) is 0. The molecule has 0 bridgehead atoms. The Morgan fingerprint density at radius 3 is 2.48 bits per heavy atom. The number of aryl methyl sites for hydroxylation is 1. The second-order valence-electron chi connectivity index (χ2n) is 6.10. The maximum absolute atomic E-state index is 12.4. The first kappa shape index (κ1) is 15.5. The first-order chi connectivity index (χ1) is 9.97. The molecule has 1 aliphatic rings. The van der Waals surface area contributed by atoms with E-state index in [-0.39, 0.29) is 23.8 Å². The highest BCUT2D eigenvalue weighted by atomic mass is 16.2. The lowest BCUT2D eigenvalue weighted by atomic mass is 9.95. The highest BCUT2D eigenvalue weighted by Gasteiger charge is 2.27. The van der Waals surface area contributed by atoms with Gasteiger partial charge in [0, 0.05) is 30.6 Å². The molecular formula is C17H24N2O2. The second-order valence-corrected chi connectivity index (χ2v) is 6.10. The number of nitrogens with one attached hydrogen (secondary N) is 1. The number of benzene rings is 1. The minimum Gasteiger partial charge on any atom is -0.354 e. The standard InChI is InChI=1S/C17H24N2O2/c1-12(2)18-16(20)14-7-9-19(10-8-14)17(21)15-6-4-5-13(3)11-15/h4-6,11-12,14H,7-10H2,1-3H3,(H,18,20). The second kappa shape index (κ2) is 6.74. The van der Waals surface area contributed by atoms with Crippen LogP contribution in [0.1, 0.15) is 42.6 Å². The Balaban J connectivity index is 1.92. The zero-order valence-electron chi connectivity index (χ0n) is 13.1. The fraction of sp³-hybridized carbons (Fsp3) is 0.529. The number of nitrogens with zero attached hydrogens (tertiary/aromatic N) is 1. The van der Waals surface area contributed by atoms with E-state index in [2.05, 4.69) is 5.32 Å². The number of likely N-dealkylation sites (tertiary alicyclic amines) is 1. The molecule has 1 aliphatic heterocycles. The van der Waals surface area contributed by atoms with Crippen molar-refractivity contribution in [1.29, 1.82) is 0 Å². The summed E-state index contributed by atoms with van der Waals surface area (Å²) in [6.45, 7) is 7.23. The van der Waals surface area contributed by atoms with Gasteiger partial charge >= 0.3 is 0 Å². The van der Waals surface area contributed by atoms with Crippen molar-refractivity contribution in [2.75, 3.05) is 13.1 Å². The topological polar surface area (TPSA) is 49.4 Å². The van der Waals surface area contributed by atoms with E-state index in [0.717, 1.165) is 24.0 Å². The van der Waals surface area contributed by atoms with Crippen LogP contribution in [0.25, 0.3) is 0 Å². The number of carbonyl (C=O) groups is 2. The zero-order valence-corrected chi connectivity index (χ0v) is 13.1. The largest absolute Gasteiger partial charge is 0.354 e. The SMILES string of the molecule is Cc1cccc(C(=O)N2CCC(C(=O)NC(C)C)CC2)c1. The van der Waals surface area contributed by atoms with Crippen molar-refractivity contribution in [2.24, 2.45) is 5.92 Å². The molecule has 0 saturated carbocycles. The van der Waals surface area contributed by atoms with Gasteiger partial charge in [-0.1, -0.05) is 17.7 Å². The number of hydrogen-bond donors (Lipinski definition) is 1. The third kappa shape index (κ3) is 4.06. The summed E-state index contributed by atoms with van der Waals surface area (Å²) in [6, 6.07) is 7.83. The van der Waals surface area contributed by atoms with Crippen LogP contribution in [0.4, 0.5) is 0 Å². The summed E-state index contributed by atoms with van der Waals surface area (Å²) in [5.74, 6) is 0.225.